The second kappa shape index (κ2) is 10.6. The van der Waals surface area contributed by atoms with E-state index in [0.29, 0.717) is 23.0 Å². The first-order valence-electron chi connectivity index (χ1n) is 9.81. The minimum Gasteiger partial charge on any atom is -0.484 e. The van der Waals surface area contributed by atoms with Crippen LogP contribution in [0.4, 0.5) is 4.39 Å². The molecule has 2 N–H and O–H groups in total. The number of carbonyl (C=O) groups excluding carboxylic acids is 2. The van der Waals surface area contributed by atoms with Gasteiger partial charge in [-0.2, -0.15) is 0 Å². The van der Waals surface area contributed by atoms with Crippen molar-refractivity contribution in [2.75, 3.05) is 13.2 Å². The van der Waals surface area contributed by atoms with Gasteiger partial charge in [-0.1, -0.05) is 23.2 Å². The van der Waals surface area contributed by atoms with Gasteiger partial charge in [0.15, 0.2) is 6.61 Å². The Morgan fingerprint density at radius 2 is 1.73 bits per heavy atom. The maximum atomic E-state index is 13.4. The Morgan fingerprint density at radius 3 is 2.40 bits per heavy atom. The van der Waals surface area contributed by atoms with Crippen molar-refractivity contribution in [2.24, 2.45) is 5.92 Å². The van der Waals surface area contributed by atoms with E-state index in [-0.39, 0.29) is 35.2 Å². The third kappa shape index (κ3) is 6.61. The third-order valence-electron chi connectivity index (χ3n) is 5.13. The van der Waals surface area contributed by atoms with Gasteiger partial charge in [-0.25, -0.2) is 4.39 Å². The fourth-order valence-electron chi connectivity index (χ4n) is 3.44. The zero-order valence-corrected chi connectivity index (χ0v) is 17.8. The molecule has 0 aliphatic heterocycles. The molecule has 1 aliphatic rings. The Morgan fingerprint density at radius 1 is 1.03 bits per heavy atom. The fraction of sp³-hybridized carbons (Fsp3) is 0.364. The maximum absolute atomic E-state index is 13.4. The molecule has 1 saturated carbocycles. The van der Waals surface area contributed by atoms with Crippen LogP contribution in [0, 0.1) is 11.7 Å². The number of hydrogen-bond acceptors (Lipinski definition) is 3. The number of nitrogens with one attached hydrogen (secondary N) is 2. The number of ether oxygens (including phenoxy) is 1. The molecule has 0 spiro atoms. The molecule has 0 heterocycles. The first kappa shape index (κ1) is 22.4. The van der Waals surface area contributed by atoms with Crippen LogP contribution in [0.15, 0.2) is 42.5 Å². The van der Waals surface area contributed by atoms with E-state index in [1.54, 1.807) is 24.3 Å². The molecule has 2 aromatic rings. The van der Waals surface area contributed by atoms with E-state index in [1.165, 1.54) is 12.1 Å². The molecule has 3 rings (SSSR count). The number of halogens is 3. The third-order valence-corrected chi connectivity index (χ3v) is 5.69. The van der Waals surface area contributed by atoms with Crippen LogP contribution in [0.5, 0.6) is 5.75 Å². The van der Waals surface area contributed by atoms with E-state index in [4.69, 9.17) is 27.9 Å². The molecular weight excluding hydrogens is 430 g/mol. The summed E-state index contributed by atoms with van der Waals surface area (Å²) >= 11 is 11.5. The lowest BCUT2D eigenvalue weighted by molar-refractivity contribution is -0.124. The molecule has 30 heavy (non-hydrogen) atoms. The molecule has 0 atom stereocenters. The maximum Gasteiger partial charge on any atom is 0.258 e. The summed E-state index contributed by atoms with van der Waals surface area (Å²) < 4.78 is 18.7. The van der Waals surface area contributed by atoms with Crippen LogP contribution in [-0.2, 0) is 4.79 Å². The highest BCUT2D eigenvalue weighted by Crippen LogP contribution is 2.24. The first-order chi connectivity index (χ1) is 14.4. The average molecular weight is 453 g/mol. The number of rotatable bonds is 7. The van der Waals surface area contributed by atoms with Gasteiger partial charge < -0.3 is 15.4 Å². The molecule has 0 radical (unpaired) electrons. The van der Waals surface area contributed by atoms with E-state index in [9.17, 15) is 14.0 Å². The molecule has 5 nitrogen and oxygen atoms in total. The van der Waals surface area contributed by atoms with Crippen LogP contribution in [0.3, 0.4) is 0 Å². The van der Waals surface area contributed by atoms with Crippen molar-refractivity contribution in [1.29, 1.82) is 0 Å². The minimum atomic E-state index is -0.587. The molecule has 0 bridgehead atoms. The lowest BCUT2D eigenvalue weighted by Gasteiger charge is -2.29. The number of hydrogen-bond donors (Lipinski definition) is 2. The topological polar surface area (TPSA) is 67.4 Å². The van der Waals surface area contributed by atoms with E-state index in [1.807, 2.05) is 0 Å². The smallest absolute Gasteiger partial charge is 0.258 e. The molecular formula is C22H23Cl2FN2O3. The van der Waals surface area contributed by atoms with Gasteiger partial charge in [0.25, 0.3) is 11.8 Å². The summed E-state index contributed by atoms with van der Waals surface area (Å²) in [5.41, 5.74) is 0.584. The van der Waals surface area contributed by atoms with Gasteiger partial charge in [-0.05, 0) is 68.0 Å². The lowest BCUT2D eigenvalue weighted by Crippen LogP contribution is -2.41. The molecule has 8 heteroatoms. The average Bonchev–Trinajstić information content (AvgIpc) is 2.74. The minimum absolute atomic E-state index is 0.00733. The van der Waals surface area contributed by atoms with Crippen molar-refractivity contribution in [3.8, 4) is 5.75 Å². The van der Waals surface area contributed by atoms with Crippen molar-refractivity contribution < 1.29 is 18.7 Å². The van der Waals surface area contributed by atoms with Gasteiger partial charge in [-0.15, -0.1) is 0 Å². The molecule has 1 aliphatic carbocycles. The van der Waals surface area contributed by atoms with E-state index < -0.39 is 5.82 Å². The van der Waals surface area contributed by atoms with Gasteiger partial charge in [0.1, 0.15) is 11.6 Å². The normalized spacial score (nSPS) is 18.5. The van der Waals surface area contributed by atoms with Crippen LogP contribution in [0.2, 0.25) is 10.0 Å². The van der Waals surface area contributed by atoms with Gasteiger partial charge >= 0.3 is 0 Å². The second-order valence-corrected chi connectivity index (χ2v) is 8.21. The Bertz CT molecular complexity index is 884. The summed E-state index contributed by atoms with van der Waals surface area (Å²) in [5, 5.41) is 6.51. The van der Waals surface area contributed by atoms with Crippen molar-refractivity contribution in [1.82, 2.24) is 10.6 Å². The molecule has 0 unspecified atom stereocenters. The predicted octanol–water partition coefficient (Wildman–Crippen LogP) is 4.62. The Balaban J connectivity index is 1.34. The Hall–Kier alpha value is -2.31. The van der Waals surface area contributed by atoms with Crippen LogP contribution in [0.1, 0.15) is 36.0 Å². The highest BCUT2D eigenvalue weighted by molar-refractivity contribution is 6.31. The predicted molar refractivity (Wildman–Crippen MR) is 115 cm³/mol. The zero-order chi connectivity index (χ0) is 21.5. The van der Waals surface area contributed by atoms with E-state index in [2.05, 4.69) is 10.6 Å². The molecule has 160 valence electrons. The van der Waals surface area contributed by atoms with Gasteiger partial charge in [0, 0.05) is 29.2 Å². The van der Waals surface area contributed by atoms with Crippen molar-refractivity contribution in [3.63, 3.8) is 0 Å². The van der Waals surface area contributed by atoms with Crippen LogP contribution in [0.25, 0.3) is 0 Å². The van der Waals surface area contributed by atoms with Gasteiger partial charge in [-0.3, -0.25) is 9.59 Å². The summed E-state index contributed by atoms with van der Waals surface area (Å²) in [6.45, 7) is 0.422. The molecule has 2 aromatic carbocycles. The fourth-order valence-corrected chi connectivity index (χ4v) is 3.68. The lowest BCUT2D eigenvalue weighted by atomic mass is 9.86. The molecule has 1 fully saturated rings. The van der Waals surface area contributed by atoms with Crippen LogP contribution in [-0.4, -0.2) is 31.0 Å². The quantitative estimate of drug-likeness (QED) is 0.643. The Kier molecular flexibility index (Phi) is 7.94. The van der Waals surface area contributed by atoms with Crippen molar-refractivity contribution in [2.45, 2.75) is 31.7 Å². The second-order valence-electron chi connectivity index (χ2n) is 7.37. The van der Waals surface area contributed by atoms with E-state index in [0.717, 1.165) is 31.7 Å². The summed E-state index contributed by atoms with van der Waals surface area (Å²) in [4.78, 5) is 24.3. The number of carbonyl (C=O) groups is 2. The van der Waals surface area contributed by atoms with Crippen LogP contribution >= 0.6 is 23.2 Å². The SMILES string of the molecule is O=C(COc1ccc(Cl)c(F)c1)N[C@H]1CC[C@H](CNC(=O)c2ccc(Cl)cc2)CC1. The highest BCUT2D eigenvalue weighted by Gasteiger charge is 2.23. The monoisotopic (exact) mass is 452 g/mol. The zero-order valence-electron chi connectivity index (χ0n) is 16.3. The standard InChI is InChI=1S/C22H23Cl2FN2O3/c23-16-5-3-15(4-6-16)22(29)26-12-14-1-7-17(8-2-14)27-21(28)13-30-18-9-10-19(24)20(25)11-18/h3-6,9-11,14,17H,1-2,7-8,12-13H2,(H,26,29)(H,27,28)/t14-,17-. The summed E-state index contributed by atoms with van der Waals surface area (Å²) in [6, 6.07) is 10.9. The largest absolute Gasteiger partial charge is 0.484 e. The molecule has 0 saturated heterocycles. The summed E-state index contributed by atoms with van der Waals surface area (Å²) in [7, 11) is 0. The Labute approximate surface area is 184 Å². The molecule has 2 amide bonds. The van der Waals surface area contributed by atoms with Crippen molar-refractivity contribution >= 4 is 35.0 Å². The number of amides is 2. The highest BCUT2D eigenvalue weighted by atomic mass is 35.5. The molecule has 0 aromatic heterocycles. The number of benzene rings is 2. The van der Waals surface area contributed by atoms with E-state index >= 15 is 0 Å². The summed E-state index contributed by atoms with van der Waals surface area (Å²) in [5.74, 6) is -0.311. The van der Waals surface area contributed by atoms with Crippen molar-refractivity contribution in [3.05, 3.63) is 63.9 Å². The summed E-state index contributed by atoms with van der Waals surface area (Å²) in [6.07, 6.45) is 3.50. The first-order valence-corrected chi connectivity index (χ1v) is 10.6. The van der Waals surface area contributed by atoms with Crippen LogP contribution < -0.4 is 15.4 Å². The van der Waals surface area contributed by atoms with Gasteiger partial charge in [0.2, 0.25) is 0 Å². The van der Waals surface area contributed by atoms with Gasteiger partial charge in [0.05, 0.1) is 5.02 Å².